The maximum Gasteiger partial charge on any atom is 0.232 e. The summed E-state index contributed by atoms with van der Waals surface area (Å²) < 4.78 is 41.5. The Morgan fingerprint density at radius 3 is 2.69 bits per heavy atom. The number of amides is 1. The smallest absolute Gasteiger partial charge is 0.232 e. The van der Waals surface area contributed by atoms with Crippen LogP contribution in [0.15, 0.2) is 18.2 Å². The van der Waals surface area contributed by atoms with Crippen molar-refractivity contribution in [1.29, 1.82) is 0 Å². The largest absolute Gasteiger partial charge is 0.497 e. The van der Waals surface area contributed by atoms with Gasteiger partial charge in [0.25, 0.3) is 0 Å². The van der Waals surface area contributed by atoms with Crippen LogP contribution in [0.3, 0.4) is 0 Å². The minimum atomic E-state index is -3.59. The Balaban J connectivity index is 2.05. The third-order valence-corrected chi connectivity index (χ3v) is 5.33. The van der Waals surface area contributed by atoms with Crippen molar-refractivity contribution in [1.82, 2.24) is 5.32 Å². The van der Waals surface area contributed by atoms with Crippen molar-refractivity contribution in [2.45, 2.75) is 25.4 Å². The molecule has 1 heterocycles. The average Bonchev–Trinajstić information content (AvgIpc) is 3.12. The van der Waals surface area contributed by atoms with E-state index in [1.54, 1.807) is 18.2 Å². The van der Waals surface area contributed by atoms with Gasteiger partial charge in [-0.15, -0.1) is 0 Å². The lowest BCUT2D eigenvalue weighted by atomic mass is 10.2. The van der Waals surface area contributed by atoms with E-state index in [9.17, 15) is 13.2 Å². The number of carbonyl (C=O) groups is 1. The van der Waals surface area contributed by atoms with Crippen LogP contribution < -0.4 is 19.1 Å². The lowest BCUT2D eigenvalue weighted by molar-refractivity contribution is -0.121. The van der Waals surface area contributed by atoms with Crippen LogP contribution in [0, 0.1) is 0 Å². The highest BCUT2D eigenvalue weighted by Gasteiger charge is 2.23. The molecule has 0 bridgehead atoms. The van der Waals surface area contributed by atoms with Gasteiger partial charge in [0, 0.05) is 32.2 Å². The van der Waals surface area contributed by atoms with Gasteiger partial charge in [-0.3, -0.25) is 9.10 Å². The van der Waals surface area contributed by atoms with Gasteiger partial charge in [-0.25, -0.2) is 8.42 Å². The van der Waals surface area contributed by atoms with E-state index in [1.165, 1.54) is 14.2 Å². The molecule has 1 aliphatic rings. The number of nitrogens with one attached hydrogen (secondary N) is 1. The van der Waals surface area contributed by atoms with Crippen molar-refractivity contribution in [3.63, 3.8) is 0 Å². The first-order valence-corrected chi connectivity index (χ1v) is 10.3. The average molecular weight is 386 g/mol. The van der Waals surface area contributed by atoms with Crippen LogP contribution in [0.1, 0.15) is 19.3 Å². The van der Waals surface area contributed by atoms with E-state index in [0.29, 0.717) is 23.7 Å². The van der Waals surface area contributed by atoms with Crippen LogP contribution in [0.4, 0.5) is 5.69 Å². The van der Waals surface area contributed by atoms with Gasteiger partial charge in [0.1, 0.15) is 11.5 Å². The summed E-state index contributed by atoms with van der Waals surface area (Å²) in [6.45, 7) is 1.18. The number of hydrogen-bond acceptors (Lipinski definition) is 6. The van der Waals surface area contributed by atoms with Crippen LogP contribution >= 0.6 is 0 Å². The van der Waals surface area contributed by atoms with E-state index >= 15 is 0 Å². The zero-order valence-electron chi connectivity index (χ0n) is 15.4. The number of methoxy groups -OCH3 is 2. The van der Waals surface area contributed by atoms with Crippen LogP contribution in [0.2, 0.25) is 0 Å². The second kappa shape index (κ2) is 9.09. The van der Waals surface area contributed by atoms with Crippen molar-refractivity contribution < 1.29 is 27.4 Å². The highest BCUT2D eigenvalue weighted by atomic mass is 32.2. The summed E-state index contributed by atoms with van der Waals surface area (Å²) in [5, 5.41) is 2.79. The molecule has 146 valence electrons. The topological polar surface area (TPSA) is 94.2 Å². The van der Waals surface area contributed by atoms with Crippen LogP contribution in [0.5, 0.6) is 11.5 Å². The fraction of sp³-hybridized carbons (Fsp3) is 0.588. The maximum atomic E-state index is 12.2. The Bertz CT molecular complexity index is 716. The number of ether oxygens (including phenoxy) is 3. The van der Waals surface area contributed by atoms with Gasteiger partial charge in [0.05, 0.1) is 32.3 Å². The van der Waals surface area contributed by atoms with Crippen molar-refractivity contribution >= 4 is 21.6 Å². The van der Waals surface area contributed by atoms with Crippen molar-refractivity contribution in [2.24, 2.45) is 0 Å². The molecule has 0 aliphatic carbocycles. The number of carbonyl (C=O) groups excluding carboxylic acids is 1. The number of rotatable bonds is 9. The van der Waals surface area contributed by atoms with E-state index in [4.69, 9.17) is 14.2 Å². The predicted octanol–water partition coefficient (Wildman–Crippen LogP) is 1.16. The summed E-state index contributed by atoms with van der Waals surface area (Å²) in [6, 6.07) is 4.85. The number of sulfonamides is 1. The minimum absolute atomic E-state index is 0.0128. The monoisotopic (exact) mass is 386 g/mol. The zero-order chi connectivity index (χ0) is 19.2. The molecule has 1 unspecified atom stereocenters. The maximum absolute atomic E-state index is 12.2. The molecule has 0 aromatic heterocycles. The zero-order valence-corrected chi connectivity index (χ0v) is 16.2. The Kier molecular flexibility index (Phi) is 7.10. The van der Waals surface area contributed by atoms with Crippen LogP contribution in [0.25, 0.3) is 0 Å². The second-order valence-corrected chi connectivity index (χ2v) is 7.97. The minimum Gasteiger partial charge on any atom is -0.497 e. The fourth-order valence-corrected chi connectivity index (χ4v) is 3.71. The first kappa shape index (κ1) is 20.3. The molecule has 9 heteroatoms. The summed E-state index contributed by atoms with van der Waals surface area (Å²) in [7, 11) is -0.622. The fourth-order valence-electron chi connectivity index (χ4n) is 2.78. The quantitative estimate of drug-likeness (QED) is 0.684. The van der Waals surface area contributed by atoms with Crippen molar-refractivity contribution in [3.05, 3.63) is 18.2 Å². The number of nitrogens with zero attached hydrogens (tertiary/aromatic N) is 1. The molecule has 1 amide bonds. The molecular formula is C17H26N2O6S. The SMILES string of the molecule is COc1ccc(N(CCC(=O)NCC2CCCO2)S(C)(=O)=O)c(OC)c1. The van der Waals surface area contributed by atoms with Gasteiger partial charge in [-0.05, 0) is 25.0 Å². The molecule has 1 saturated heterocycles. The van der Waals surface area contributed by atoms with Gasteiger partial charge >= 0.3 is 0 Å². The van der Waals surface area contributed by atoms with Crippen LogP contribution in [-0.2, 0) is 19.6 Å². The normalized spacial score (nSPS) is 17.0. The summed E-state index contributed by atoms with van der Waals surface area (Å²) in [4.78, 5) is 12.1. The molecule has 0 spiro atoms. The lowest BCUT2D eigenvalue weighted by Gasteiger charge is -2.24. The van der Waals surface area contributed by atoms with Crippen molar-refractivity contribution in [3.8, 4) is 11.5 Å². The first-order chi connectivity index (χ1) is 12.3. The Morgan fingerprint density at radius 2 is 2.12 bits per heavy atom. The molecule has 0 saturated carbocycles. The molecule has 1 N–H and O–H groups in total. The highest BCUT2D eigenvalue weighted by Crippen LogP contribution is 2.33. The Labute approximate surface area is 154 Å². The summed E-state index contributed by atoms with van der Waals surface area (Å²) in [5.41, 5.74) is 0.364. The molecular weight excluding hydrogens is 360 g/mol. The molecule has 1 aromatic carbocycles. The lowest BCUT2D eigenvalue weighted by Crippen LogP contribution is -2.37. The molecule has 26 heavy (non-hydrogen) atoms. The molecule has 8 nitrogen and oxygen atoms in total. The van der Waals surface area contributed by atoms with E-state index in [2.05, 4.69) is 5.32 Å². The van der Waals surface area contributed by atoms with Gasteiger partial charge in [0.15, 0.2) is 0 Å². The first-order valence-electron chi connectivity index (χ1n) is 8.43. The number of benzene rings is 1. The highest BCUT2D eigenvalue weighted by molar-refractivity contribution is 7.92. The van der Waals surface area contributed by atoms with Gasteiger partial charge in [0.2, 0.25) is 15.9 Å². The Hall–Kier alpha value is -2.00. The van der Waals surface area contributed by atoms with E-state index < -0.39 is 10.0 Å². The molecule has 1 aliphatic heterocycles. The van der Waals surface area contributed by atoms with E-state index in [0.717, 1.165) is 30.0 Å². The summed E-state index contributed by atoms with van der Waals surface area (Å²) >= 11 is 0. The van der Waals surface area contributed by atoms with E-state index in [1.807, 2.05) is 0 Å². The number of anilines is 1. The number of hydrogen-bond donors (Lipinski definition) is 1. The third kappa shape index (κ3) is 5.50. The summed E-state index contributed by atoms with van der Waals surface area (Å²) in [5.74, 6) is 0.685. The van der Waals surface area contributed by atoms with Gasteiger partial charge in [-0.2, -0.15) is 0 Å². The molecule has 1 aromatic rings. The van der Waals surface area contributed by atoms with E-state index in [-0.39, 0.29) is 25.0 Å². The third-order valence-electron chi connectivity index (χ3n) is 4.15. The molecule has 1 fully saturated rings. The summed E-state index contributed by atoms with van der Waals surface area (Å²) in [6.07, 6.45) is 3.11. The van der Waals surface area contributed by atoms with Crippen molar-refractivity contribution in [2.75, 3.05) is 44.5 Å². The molecule has 2 rings (SSSR count). The van der Waals surface area contributed by atoms with Gasteiger partial charge in [-0.1, -0.05) is 0 Å². The Morgan fingerprint density at radius 1 is 1.35 bits per heavy atom. The van der Waals surface area contributed by atoms with Gasteiger partial charge < -0.3 is 19.5 Å². The van der Waals surface area contributed by atoms with Crippen LogP contribution in [-0.4, -0.2) is 60.6 Å². The standard InChI is InChI=1S/C17H26N2O6S/c1-23-13-6-7-15(16(11-13)24-2)19(26(3,21)22)9-8-17(20)18-12-14-5-4-10-25-14/h6-7,11,14H,4-5,8-10,12H2,1-3H3,(H,18,20). The molecule has 1 atom stereocenters. The molecule has 0 radical (unpaired) electrons. The second-order valence-electron chi connectivity index (χ2n) is 6.06. The predicted molar refractivity (Wildman–Crippen MR) is 98.3 cm³/mol.